The third-order valence-corrected chi connectivity index (χ3v) is 2.99. The maximum absolute atomic E-state index is 11.5. The first-order valence-electron chi connectivity index (χ1n) is 5.00. The zero-order valence-corrected chi connectivity index (χ0v) is 9.89. The number of hydrogen-bond donors (Lipinski definition) is 0. The Kier molecular flexibility index (Phi) is 3.77. The van der Waals surface area contributed by atoms with Crippen LogP contribution in [0.5, 0.6) is 0 Å². The Morgan fingerprint density at radius 3 is 3.24 bits per heavy atom. The van der Waals surface area contributed by atoms with E-state index in [1.54, 1.807) is 29.4 Å². The minimum Gasteiger partial charge on any atom is -0.463 e. The van der Waals surface area contributed by atoms with Gasteiger partial charge in [0.05, 0.1) is 18.2 Å². The maximum Gasteiger partial charge on any atom is 0.239 e. The lowest BCUT2D eigenvalue weighted by molar-refractivity contribution is -0.123. The number of nitrogens with zero attached hydrogens (tertiary/aromatic N) is 3. The van der Waals surface area contributed by atoms with Gasteiger partial charge in [-0.1, -0.05) is 17.8 Å². The molecule has 0 N–H and O–H groups in total. The van der Waals surface area contributed by atoms with E-state index in [4.69, 9.17) is 4.42 Å². The number of thioether (sulfide) groups is 1. The van der Waals surface area contributed by atoms with E-state index in [-0.39, 0.29) is 5.91 Å². The van der Waals surface area contributed by atoms with Crippen molar-refractivity contribution in [2.75, 3.05) is 12.3 Å². The highest BCUT2D eigenvalue weighted by molar-refractivity contribution is 8.15. The summed E-state index contributed by atoms with van der Waals surface area (Å²) < 4.78 is 5.07. The fraction of sp³-hybridized carbons (Fsp3) is 0.182. The molecule has 1 saturated heterocycles. The van der Waals surface area contributed by atoms with Gasteiger partial charge in [0, 0.05) is 6.54 Å². The van der Waals surface area contributed by atoms with Gasteiger partial charge in [-0.25, -0.2) is 0 Å². The molecule has 0 aromatic carbocycles. The first-order chi connectivity index (χ1) is 8.31. The van der Waals surface area contributed by atoms with Gasteiger partial charge in [0.1, 0.15) is 5.76 Å². The fourth-order valence-electron chi connectivity index (χ4n) is 1.28. The summed E-state index contributed by atoms with van der Waals surface area (Å²) in [5.41, 5.74) is 0. The lowest BCUT2D eigenvalue weighted by Gasteiger charge is -2.11. The van der Waals surface area contributed by atoms with Gasteiger partial charge in [-0.3, -0.25) is 9.69 Å². The minimum absolute atomic E-state index is 0.0295. The third kappa shape index (κ3) is 2.85. The Balaban J connectivity index is 2.06. The van der Waals surface area contributed by atoms with Crippen molar-refractivity contribution in [3.8, 4) is 0 Å². The molecule has 0 atom stereocenters. The molecule has 1 fully saturated rings. The van der Waals surface area contributed by atoms with Crippen molar-refractivity contribution in [2.24, 2.45) is 10.2 Å². The van der Waals surface area contributed by atoms with E-state index >= 15 is 0 Å². The largest absolute Gasteiger partial charge is 0.463 e. The van der Waals surface area contributed by atoms with Crippen LogP contribution in [0.2, 0.25) is 0 Å². The van der Waals surface area contributed by atoms with Crippen molar-refractivity contribution < 1.29 is 9.21 Å². The second-order valence-corrected chi connectivity index (χ2v) is 4.17. The number of carbonyl (C=O) groups excluding carboxylic acids is 1. The zero-order chi connectivity index (χ0) is 12.1. The Bertz CT molecular complexity index is 465. The topological polar surface area (TPSA) is 58.2 Å². The summed E-state index contributed by atoms with van der Waals surface area (Å²) in [7, 11) is 0. The van der Waals surface area contributed by atoms with Crippen molar-refractivity contribution in [3.63, 3.8) is 0 Å². The molecule has 6 heteroatoms. The predicted octanol–water partition coefficient (Wildman–Crippen LogP) is 1.73. The van der Waals surface area contributed by atoms with Crippen LogP contribution in [0.1, 0.15) is 5.76 Å². The van der Waals surface area contributed by atoms with Crippen LogP contribution < -0.4 is 0 Å². The van der Waals surface area contributed by atoms with Crippen LogP contribution in [0, 0.1) is 0 Å². The molecule has 2 rings (SSSR count). The molecule has 1 aliphatic rings. The van der Waals surface area contributed by atoms with Gasteiger partial charge in [0.2, 0.25) is 5.91 Å². The summed E-state index contributed by atoms with van der Waals surface area (Å²) in [4.78, 5) is 13.0. The van der Waals surface area contributed by atoms with Gasteiger partial charge in [-0.2, -0.15) is 5.10 Å². The van der Waals surface area contributed by atoms with E-state index in [1.807, 2.05) is 0 Å². The van der Waals surface area contributed by atoms with Crippen molar-refractivity contribution in [1.29, 1.82) is 0 Å². The van der Waals surface area contributed by atoms with Crippen LogP contribution >= 0.6 is 11.8 Å². The molecular formula is C11H11N3O2S. The molecule has 5 nitrogen and oxygen atoms in total. The molecule has 0 saturated carbocycles. The molecule has 1 aliphatic heterocycles. The summed E-state index contributed by atoms with van der Waals surface area (Å²) in [6.45, 7) is 4.06. The highest BCUT2D eigenvalue weighted by atomic mass is 32.2. The van der Waals surface area contributed by atoms with Crippen LogP contribution in [0.4, 0.5) is 0 Å². The number of amides is 1. The highest BCUT2D eigenvalue weighted by Gasteiger charge is 2.26. The zero-order valence-electron chi connectivity index (χ0n) is 9.07. The molecule has 17 heavy (non-hydrogen) atoms. The lowest BCUT2D eigenvalue weighted by atomic mass is 10.5. The molecule has 1 aromatic rings. The van der Waals surface area contributed by atoms with Gasteiger partial charge in [0.25, 0.3) is 0 Å². The summed E-state index contributed by atoms with van der Waals surface area (Å²) in [6, 6.07) is 3.55. The molecule has 88 valence electrons. The normalized spacial score (nSPS) is 18.5. The van der Waals surface area contributed by atoms with Crippen molar-refractivity contribution >= 4 is 29.1 Å². The number of furan rings is 1. The second-order valence-electron chi connectivity index (χ2n) is 3.22. The van der Waals surface area contributed by atoms with E-state index < -0.39 is 0 Å². The SMILES string of the molecule is C=CCN1C(=O)CS/C1=N\N=C\c1ccco1. The first-order valence-corrected chi connectivity index (χ1v) is 5.98. The fourth-order valence-corrected chi connectivity index (χ4v) is 2.13. The van der Waals surface area contributed by atoms with Gasteiger partial charge >= 0.3 is 0 Å². The first kappa shape index (κ1) is 11.7. The maximum atomic E-state index is 11.5. The van der Waals surface area contributed by atoms with Crippen LogP contribution in [0.15, 0.2) is 45.7 Å². The Labute approximate surface area is 103 Å². The van der Waals surface area contributed by atoms with Gasteiger partial charge in [0.15, 0.2) is 5.17 Å². The lowest BCUT2D eigenvalue weighted by Crippen LogP contribution is -2.29. The number of hydrogen-bond acceptors (Lipinski definition) is 5. The van der Waals surface area contributed by atoms with Gasteiger partial charge < -0.3 is 4.42 Å². The summed E-state index contributed by atoms with van der Waals surface area (Å²) in [6.07, 6.45) is 4.73. The predicted molar refractivity (Wildman–Crippen MR) is 68.1 cm³/mol. The van der Waals surface area contributed by atoms with Crippen LogP contribution in [0.25, 0.3) is 0 Å². The number of rotatable bonds is 4. The van der Waals surface area contributed by atoms with Crippen LogP contribution in [-0.2, 0) is 4.79 Å². The number of carbonyl (C=O) groups is 1. The molecule has 0 spiro atoms. The quantitative estimate of drug-likeness (QED) is 0.464. The monoisotopic (exact) mass is 249 g/mol. The Hall–Kier alpha value is -1.82. The average molecular weight is 249 g/mol. The molecule has 0 aliphatic carbocycles. The van der Waals surface area contributed by atoms with E-state index in [9.17, 15) is 4.79 Å². The van der Waals surface area contributed by atoms with Gasteiger partial charge in [-0.15, -0.1) is 11.7 Å². The van der Waals surface area contributed by atoms with Crippen molar-refractivity contribution in [1.82, 2.24) is 4.90 Å². The summed E-state index contributed by atoms with van der Waals surface area (Å²) in [5, 5.41) is 8.47. The Morgan fingerprint density at radius 1 is 1.65 bits per heavy atom. The van der Waals surface area contributed by atoms with Crippen molar-refractivity contribution in [3.05, 3.63) is 36.8 Å². The van der Waals surface area contributed by atoms with Gasteiger partial charge in [-0.05, 0) is 12.1 Å². The van der Waals surface area contributed by atoms with E-state index in [0.29, 0.717) is 23.2 Å². The molecule has 0 unspecified atom stereocenters. The standard InChI is InChI=1S/C11H11N3O2S/c1-2-5-14-10(15)8-17-11(14)13-12-7-9-4-3-6-16-9/h2-4,6-7H,1,5,8H2/b12-7+,13-11-. The van der Waals surface area contributed by atoms with Crippen molar-refractivity contribution in [2.45, 2.75) is 0 Å². The molecular weight excluding hydrogens is 238 g/mol. The smallest absolute Gasteiger partial charge is 0.239 e. The summed E-state index contributed by atoms with van der Waals surface area (Å²) in [5.74, 6) is 1.06. The molecule has 1 amide bonds. The molecule has 0 radical (unpaired) electrons. The number of amidine groups is 1. The third-order valence-electron chi connectivity index (χ3n) is 2.04. The van der Waals surface area contributed by atoms with Crippen LogP contribution in [-0.4, -0.2) is 34.5 Å². The Morgan fingerprint density at radius 2 is 2.53 bits per heavy atom. The second kappa shape index (κ2) is 5.49. The highest BCUT2D eigenvalue weighted by Crippen LogP contribution is 2.19. The molecule has 2 heterocycles. The molecule has 1 aromatic heterocycles. The molecule has 0 bridgehead atoms. The van der Waals surface area contributed by atoms with E-state index in [0.717, 1.165) is 0 Å². The minimum atomic E-state index is 0.0295. The van der Waals surface area contributed by atoms with Crippen LogP contribution in [0.3, 0.4) is 0 Å². The van der Waals surface area contributed by atoms with E-state index in [2.05, 4.69) is 16.8 Å². The van der Waals surface area contributed by atoms with E-state index in [1.165, 1.54) is 18.0 Å². The average Bonchev–Trinajstić information content (AvgIpc) is 2.93. The summed E-state index contributed by atoms with van der Waals surface area (Å²) >= 11 is 1.37.